The summed E-state index contributed by atoms with van der Waals surface area (Å²) in [6, 6.07) is 10.3. The van der Waals surface area contributed by atoms with Crippen molar-refractivity contribution in [3.05, 3.63) is 64.7 Å². The van der Waals surface area contributed by atoms with Gasteiger partial charge in [0.1, 0.15) is 0 Å². The molecule has 3 rings (SSSR count). The van der Waals surface area contributed by atoms with Gasteiger partial charge in [-0.1, -0.05) is 32.1 Å². The van der Waals surface area contributed by atoms with Gasteiger partial charge in [0, 0.05) is 11.3 Å². The molecule has 5 heteroatoms. The minimum Gasteiger partial charge on any atom is -0.504 e. The Morgan fingerprint density at radius 3 is 2.71 bits per heavy atom. The molecule has 0 saturated heterocycles. The number of ketones is 1. The minimum atomic E-state index is -0.200. The van der Waals surface area contributed by atoms with E-state index in [9.17, 15) is 14.7 Å². The van der Waals surface area contributed by atoms with Crippen LogP contribution in [0.4, 0.5) is 5.69 Å². The molecule has 1 aliphatic rings. The van der Waals surface area contributed by atoms with Gasteiger partial charge < -0.3 is 15.2 Å². The fraction of sp³-hybridized carbons (Fsp3) is 0.304. The maximum atomic E-state index is 12.8. The number of fused-ring (bicyclic) bond motifs is 1. The van der Waals surface area contributed by atoms with Crippen molar-refractivity contribution in [1.29, 1.82) is 0 Å². The molecule has 146 valence electrons. The Labute approximate surface area is 165 Å². The van der Waals surface area contributed by atoms with E-state index in [2.05, 4.69) is 19.2 Å². The second-order valence-corrected chi connectivity index (χ2v) is 7.37. The van der Waals surface area contributed by atoms with E-state index in [4.69, 9.17) is 4.74 Å². The molecule has 1 amide bonds. The van der Waals surface area contributed by atoms with E-state index in [1.54, 1.807) is 18.2 Å². The van der Waals surface area contributed by atoms with Crippen molar-refractivity contribution in [2.24, 2.45) is 5.92 Å². The number of allylic oxidation sites excluding steroid dienone is 2. The summed E-state index contributed by atoms with van der Waals surface area (Å²) >= 11 is 0. The summed E-state index contributed by atoms with van der Waals surface area (Å²) in [4.78, 5) is 25.2. The van der Waals surface area contributed by atoms with Crippen molar-refractivity contribution in [3.63, 3.8) is 0 Å². The smallest absolute Gasteiger partial charge is 0.228 e. The summed E-state index contributed by atoms with van der Waals surface area (Å²) in [6.07, 6.45) is 3.76. The van der Waals surface area contributed by atoms with Gasteiger partial charge in [0.25, 0.3) is 0 Å². The van der Waals surface area contributed by atoms with Gasteiger partial charge in [0.2, 0.25) is 5.91 Å². The number of ether oxygens (including phenoxy) is 1. The number of aromatic hydroxyl groups is 1. The number of phenolic OH excluding ortho intramolecular Hbond substituents is 1. The molecule has 0 fully saturated rings. The van der Waals surface area contributed by atoms with E-state index in [1.807, 2.05) is 18.2 Å². The van der Waals surface area contributed by atoms with Crippen LogP contribution in [0, 0.1) is 5.92 Å². The Morgan fingerprint density at radius 1 is 1.21 bits per heavy atom. The van der Waals surface area contributed by atoms with Crippen LogP contribution < -0.4 is 10.1 Å². The highest BCUT2D eigenvalue weighted by atomic mass is 16.5. The first-order valence-electron chi connectivity index (χ1n) is 9.41. The second kappa shape index (κ2) is 8.30. The topological polar surface area (TPSA) is 75.6 Å². The van der Waals surface area contributed by atoms with Crippen LogP contribution in [0.3, 0.4) is 0 Å². The molecule has 2 aromatic rings. The molecule has 0 unspecified atom stereocenters. The molecule has 0 heterocycles. The molecule has 28 heavy (non-hydrogen) atoms. The van der Waals surface area contributed by atoms with E-state index in [1.165, 1.54) is 13.2 Å². The predicted molar refractivity (Wildman–Crippen MR) is 109 cm³/mol. The molecule has 2 aromatic carbocycles. The lowest BCUT2D eigenvalue weighted by molar-refractivity contribution is -0.115. The largest absolute Gasteiger partial charge is 0.504 e. The summed E-state index contributed by atoms with van der Waals surface area (Å²) in [5.74, 6) is 0.535. The number of nitrogens with one attached hydrogen (secondary N) is 1. The van der Waals surface area contributed by atoms with Gasteiger partial charge in [-0.3, -0.25) is 9.59 Å². The van der Waals surface area contributed by atoms with Gasteiger partial charge in [-0.25, -0.2) is 0 Å². The van der Waals surface area contributed by atoms with Crippen molar-refractivity contribution in [2.75, 3.05) is 12.4 Å². The summed E-state index contributed by atoms with van der Waals surface area (Å²) in [5.41, 5.74) is 3.87. The van der Waals surface area contributed by atoms with Crippen molar-refractivity contribution in [2.45, 2.75) is 33.1 Å². The zero-order chi connectivity index (χ0) is 20.3. The predicted octanol–water partition coefficient (Wildman–Crippen LogP) is 4.29. The van der Waals surface area contributed by atoms with Crippen LogP contribution >= 0.6 is 0 Å². The van der Waals surface area contributed by atoms with E-state index < -0.39 is 0 Å². The van der Waals surface area contributed by atoms with Crippen LogP contribution in [0.25, 0.3) is 0 Å². The number of methoxy groups -OCH3 is 1. The molecular formula is C23H25NO4. The van der Waals surface area contributed by atoms with Crippen LogP contribution in [0.1, 0.15) is 41.8 Å². The Balaban J connectivity index is 1.74. The Hall–Kier alpha value is -3.08. The molecule has 0 saturated carbocycles. The lowest BCUT2D eigenvalue weighted by atomic mass is 9.85. The minimum absolute atomic E-state index is 0.0325. The number of anilines is 1. The fourth-order valence-electron chi connectivity index (χ4n) is 3.42. The summed E-state index contributed by atoms with van der Waals surface area (Å²) in [5, 5.41) is 12.5. The van der Waals surface area contributed by atoms with Crippen molar-refractivity contribution in [1.82, 2.24) is 0 Å². The molecule has 5 nitrogen and oxygen atoms in total. The molecule has 0 aromatic heterocycles. The molecule has 0 atom stereocenters. The molecule has 0 spiro atoms. The number of rotatable bonds is 5. The number of phenols is 1. The number of carbonyl (C=O) groups is 2. The molecule has 1 aliphatic carbocycles. The Kier molecular flexibility index (Phi) is 5.83. The number of aryl methyl sites for hydroxylation is 1. The molecule has 2 N–H and O–H groups in total. The normalized spacial score (nSPS) is 14.9. The molecular weight excluding hydrogens is 354 g/mol. The van der Waals surface area contributed by atoms with Gasteiger partial charge in [0.15, 0.2) is 17.3 Å². The van der Waals surface area contributed by atoms with E-state index in [0.29, 0.717) is 22.9 Å². The third-order valence-corrected chi connectivity index (χ3v) is 4.74. The highest BCUT2D eigenvalue weighted by Gasteiger charge is 2.22. The Morgan fingerprint density at radius 2 is 2.00 bits per heavy atom. The number of carbonyl (C=O) groups excluding carboxylic acids is 2. The average molecular weight is 379 g/mol. The van der Waals surface area contributed by atoms with E-state index >= 15 is 0 Å². The number of amides is 1. The first kappa shape index (κ1) is 19.7. The first-order valence-corrected chi connectivity index (χ1v) is 9.41. The monoisotopic (exact) mass is 379 g/mol. The summed E-state index contributed by atoms with van der Waals surface area (Å²) < 4.78 is 5.07. The second-order valence-electron chi connectivity index (χ2n) is 7.37. The lowest BCUT2D eigenvalue weighted by Crippen LogP contribution is -2.18. The highest BCUT2D eigenvalue weighted by Crippen LogP contribution is 2.29. The molecule has 0 radical (unpaired) electrons. The fourth-order valence-corrected chi connectivity index (χ4v) is 3.42. The zero-order valence-corrected chi connectivity index (χ0v) is 16.4. The SMILES string of the molecule is COc1cc(CC(=O)Nc2ccc3c(c2)C(=O)/C(=C/C(C)C)CC3)ccc1O. The van der Waals surface area contributed by atoms with Crippen molar-refractivity contribution < 1.29 is 19.4 Å². The van der Waals surface area contributed by atoms with Gasteiger partial charge in [-0.15, -0.1) is 0 Å². The van der Waals surface area contributed by atoms with Crippen LogP contribution in [0.5, 0.6) is 11.5 Å². The lowest BCUT2D eigenvalue weighted by Gasteiger charge is -2.19. The van der Waals surface area contributed by atoms with Crippen molar-refractivity contribution in [3.8, 4) is 11.5 Å². The van der Waals surface area contributed by atoms with Gasteiger partial charge in [0.05, 0.1) is 13.5 Å². The van der Waals surface area contributed by atoms with Crippen LogP contribution in [0.2, 0.25) is 0 Å². The number of Topliss-reactive ketones (excluding diaryl/α,β-unsaturated/α-hetero) is 1. The maximum absolute atomic E-state index is 12.8. The molecule has 0 aliphatic heterocycles. The van der Waals surface area contributed by atoms with E-state index in [0.717, 1.165) is 29.5 Å². The number of hydrogen-bond donors (Lipinski definition) is 2. The van der Waals surface area contributed by atoms with Crippen molar-refractivity contribution >= 4 is 17.4 Å². The maximum Gasteiger partial charge on any atom is 0.228 e. The van der Waals surface area contributed by atoms with Crippen LogP contribution in [-0.4, -0.2) is 23.9 Å². The quantitative estimate of drug-likeness (QED) is 0.760. The van der Waals surface area contributed by atoms with Crippen LogP contribution in [-0.2, 0) is 17.6 Å². The van der Waals surface area contributed by atoms with Gasteiger partial charge >= 0.3 is 0 Å². The standard InChI is InChI=1S/C23H25NO4/c1-14(2)10-17-6-5-16-7-8-18(13-19(16)23(17)27)24-22(26)12-15-4-9-20(25)21(11-15)28-3/h4,7-11,13-14,25H,5-6,12H2,1-3H3,(H,24,26)/b17-10+. The highest BCUT2D eigenvalue weighted by molar-refractivity contribution is 6.11. The summed E-state index contributed by atoms with van der Waals surface area (Å²) in [7, 11) is 1.46. The van der Waals surface area contributed by atoms with Gasteiger partial charge in [-0.2, -0.15) is 0 Å². The Bertz CT molecular complexity index is 944. The average Bonchev–Trinajstić information content (AvgIpc) is 2.65. The first-order chi connectivity index (χ1) is 13.4. The van der Waals surface area contributed by atoms with E-state index in [-0.39, 0.29) is 23.9 Å². The summed E-state index contributed by atoms with van der Waals surface area (Å²) in [6.45, 7) is 4.12. The third-order valence-electron chi connectivity index (χ3n) is 4.74. The molecule has 0 bridgehead atoms. The number of benzene rings is 2. The zero-order valence-electron chi connectivity index (χ0n) is 16.4. The van der Waals surface area contributed by atoms with Gasteiger partial charge in [-0.05, 0) is 59.7 Å². The van der Waals surface area contributed by atoms with Crippen LogP contribution in [0.15, 0.2) is 48.0 Å². The third kappa shape index (κ3) is 4.42. The number of hydrogen-bond acceptors (Lipinski definition) is 4.